The van der Waals surface area contributed by atoms with Crippen LogP contribution in [-0.2, 0) is 4.79 Å². The minimum Gasteiger partial charge on any atom is -0.481 e. The van der Waals surface area contributed by atoms with Crippen LogP contribution in [0.25, 0.3) is 0 Å². The van der Waals surface area contributed by atoms with Gasteiger partial charge in [-0.3, -0.25) is 9.69 Å². The Morgan fingerprint density at radius 1 is 1.14 bits per heavy atom. The lowest BCUT2D eigenvalue weighted by Gasteiger charge is -2.44. The first-order valence-electron chi connectivity index (χ1n) is 8.62. The summed E-state index contributed by atoms with van der Waals surface area (Å²) in [6.07, 6.45) is 6.69. The summed E-state index contributed by atoms with van der Waals surface area (Å²) in [5.74, 6) is 0.790. The van der Waals surface area contributed by atoms with Gasteiger partial charge in [-0.2, -0.15) is 0 Å². The van der Waals surface area contributed by atoms with Gasteiger partial charge in [-0.05, 0) is 71.1 Å². The Hall–Kier alpha value is -0.610. The molecule has 1 heterocycles. The molecule has 1 aliphatic heterocycles. The Kier molecular flexibility index (Phi) is 6.06. The fraction of sp³-hybridized carbons (Fsp3) is 0.941. The minimum absolute atomic E-state index is 0.141. The molecule has 4 heteroatoms. The molecule has 0 bridgehead atoms. The summed E-state index contributed by atoms with van der Waals surface area (Å²) in [5.41, 5.74) is 0. The Morgan fingerprint density at radius 2 is 1.81 bits per heavy atom. The van der Waals surface area contributed by atoms with E-state index in [4.69, 9.17) is 0 Å². The molecule has 0 aromatic carbocycles. The lowest BCUT2D eigenvalue weighted by molar-refractivity contribution is -0.146. The highest BCUT2D eigenvalue weighted by atomic mass is 16.4. The van der Waals surface area contributed by atoms with Gasteiger partial charge >= 0.3 is 5.97 Å². The number of rotatable bonds is 5. The first kappa shape index (κ1) is 16.8. The Labute approximate surface area is 129 Å². The molecule has 2 fully saturated rings. The summed E-state index contributed by atoms with van der Waals surface area (Å²) < 4.78 is 0. The molecule has 1 saturated carbocycles. The van der Waals surface area contributed by atoms with Gasteiger partial charge in [0.05, 0.1) is 5.92 Å². The van der Waals surface area contributed by atoms with E-state index in [0.29, 0.717) is 0 Å². The van der Waals surface area contributed by atoms with E-state index in [1.54, 1.807) is 0 Å². The molecule has 0 spiro atoms. The Balaban J connectivity index is 1.93. The molecular formula is C17H32N2O2. The average Bonchev–Trinajstić information content (AvgIpc) is 2.46. The number of aliphatic carboxylic acids is 1. The van der Waals surface area contributed by atoms with Gasteiger partial charge in [0.25, 0.3) is 0 Å². The van der Waals surface area contributed by atoms with Crippen LogP contribution >= 0.6 is 0 Å². The van der Waals surface area contributed by atoms with Crippen molar-refractivity contribution in [2.75, 3.05) is 33.7 Å². The number of carboxylic acid groups (broad SMARTS) is 1. The van der Waals surface area contributed by atoms with Gasteiger partial charge in [-0.1, -0.05) is 13.3 Å². The van der Waals surface area contributed by atoms with E-state index in [9.17, 15) is 9.90 Å². The minimum atomic E-state index is -0.579. The molecular weight excluding hydrogens is 264 g/mol. The zero-order valence-electron chi connectivity index (χ0n) is 13.9. The topological polar surface area (TPSA) is 43.8 Å². The molecule has 2 aliphatic rings. The number of piperidine rings is 1. The summed E-state index contributed by atoms with van der Waals surface area (Å²) in [6.45, 7) is 5.58. The zero-order chi connectivity index (χ0) is 15.4. The maximum absolute atomic E-state index is 11.6. The Morgan fingerprint density at radius 3 is 2.33 bits per heavy atom. The lowest BCUT2D eigenvalue weighted by Crippen LogP contribution is -2.50. The third-order valence-corrected chi connectivity index (χ3v) is 5.56. The molecule has 21 heavy (non-hydrogen) atoms. The molecule has 0 aromatic rings. The number of carbonyl (C=O) groups is 1. The molecule has 122 valence electrons. The molecule has 4 nitrogen and oxygen atoms in total. The van der Waals surface area contributed by atoms with Gasteiger partial charge in [-0.25, -0.2) is 0 Å². The monoisotopic (exact) mass is 296 g/mol. The highest BCUT2D eigenvalue weighted by Gasteiger charge is 2.38. The molecule has 3 atom stereocenters. The van der Waals surface area contributed by atoms with Crippen molar-refractivity contribution in [1.29, 1.82) is 0 Å². The van der Waals surface area contributed by atoms with Crippen molar-refractivity contribution in [2.45, 2.75) is 51.5 Å². The molecule has 3 unspecified atom stereocenters. The van der Waals surface area contributed by atoms with E-state index in [1.807, 2.05) is 0 Å². The van der Waals surface area contributed by atoms with E-state index >= 15 is 0 Å². The second kappa shape index (κ2) is 7.59. The second-order valence-electron chi connectivity index (χ2n) is 7.34. The molecule has 1 saturated heterocycles. The van der Waals surface area contributed by atoms with E-state index in [-0.39, 0.29) is 12.0 Å². The van der Waals surface area contributed by atoms with Crippen LogP contribution in [-0.4, -0.2) is 60.6 Å². The highest BCUT2D eigenvalue weighted by molar-refractivity contribution is 5.71. The van der Waals surface area contributed by atoms with Crippen LogP contribution in [0.3, 0.4) is 0 Å². The van der Waals surface area contributed by atoms with Crippen molar-refractivity contribution < 1.29 is 9.90 Å². The van der Waals surface area contributed by atoms with E-state index in [1.165, 1.54) is 25.8 Å². The molecule has 1 N–H and O–H groups in total. The predicted molar refractivity (Wildman–Crippen MR) is 85.4 cm³/mol. The fourth-order valence-electron chi connectivity index (χ4n) is 4.28. The molecule has 0 amide bonds. The van der Waals surface area contributed by atoms with Crippen LogP contribution in [0.2, 0.25) is 0 Å². The van der Waals surface area contributed by atoms with Gasteiger partial charge in [0.2, 0.25) is 0 Å². The standard InChI is InChI=1S/C17H32N2O2/c1-4-13-5-6-15(17(20)21)16(11-13)19-9-7-14(8-10-19)12-18(2)3/h13-16H,4-12H2,1-3H3,(H,20,21). The summed E-state index contributed by atoms with van der Waals surface area (Å²) in [4.78, 5) is 16.3. The normalized spacial score (nSPS) is 32.5. The maximum atomic E-state index is 11.6. The highest BCUT2D eigenvalue weighted by Crippen LogP contribution is 2.36. The van der Waals surface area contributed by atoms with Gasteiger partial charge in [0.1, 0.15) is 0 Å². The van der Waals surface area contributed by atoms with E-state index in [2.05, 4.69) is 30.8 Å². The van der Waals surface area contributed by atoms with Crippen LogP contribution < -0.4 is 0 Å². The predicted octanol–water partition coefficient (Wildman–Crippen LogP) is 2.54. The number of carboxylic acids is 1. The third kappa shape index (κ3) is 4.43. The third-order valence-electron chi connectivity index (χ3n) is 5.56. The van der Waals surface area contributed by atoms with Gasteiger partial charge in [0.15, 0.2) is 0 Å². The smallest absolute Gasteiger partial charge is 0.308 e. The number of nitrogens with zero attached hydrogens (tertiary/aromatic N) is 2. The van der Waals surface area contributed by atoms with Gasteiger partial charge < -0.3 is 10.0 Å². The maximum Gasteiger partial charge on any atom is 0.308 e. The van der Waals surface area contributed by atoms with E-state index in [0.717, 1.165) is 44.2 Å². The van der Waals surface area contributed by atoms with Crippen LogP contribution in [0.1, 0.15) is 45.4 Å². The average molecular weight is 296 g/mol. The first-order chi connectivity index (χ1) is 10.0. The largest absolute Gasteiger partial charge is 0.481 e. The summed E-state index contributed by atoms with van der Waals surface area (Å²) in [6, 6.07) is 0.279. The van der Waals surface area contributed by atoms with E-state index < -0.39 is 5.97 Å². The number of hydrogen-bond acceptors (Lipinski definition) is 3. The zero-order valence-corrected chi connectivity index (χ0v) is 13.9. The number of hydrogen-bond donors (Lipinski definition) is 1. The first-order valence-corrected chi connectivity index (χ1v) is 8.62. The lowest BCUT2D eigenvalue weighted by atomic mass is 9.76. The summed E-state index contributed by atoms with van der Waals surface area (Å²) in [5, 5.41) is 9.54. The van der Waals surface area contributed by atoms with Gasteiger partial charge in [-0.15, -0.1) is 0 Å². The van der Waals surface area contributed by atoms with Crippen molar-refractivity contribution in [3.05, 3.63) is 0 Å². The quantitative estimate of drug-likeness (QED) is 0.847. The number of likely N-dealkylation sites (tertiary alicyclic amines) is 1. The second-order valence-corrected chi connectivity index (χ2v) is 7.34. The SMILES string of the molecule is CCC1CCC(C(=O)O)C(N2CCC(CN(C)C)CC2)C1. The van der Waals surface area contributed by atoms with Crippen LogP contribution in [0, 0.1) is 17.8 Å². The Bertz CT molecular complexity index is 338. The molecule has 0 aromatic heterocycles. The van der Waals surface area contributed by atoms with Crippen molar-refractivity contribution in [3.8, 4) is 0 Å². The van der Waals surface area contributed by atoms with Crippen molar-refractivity contribution in [2.24, 2.45) is 17.8 Å². The van der Waals surface area contributed by atoms with Crippen LogP contribution in [0.4, 0.5) is 0 Å². The molecule has 2 rings (SSSR count). The van der Waals surface area contributed by atoms with Gasteiger partial charge in [0, 0.05) is 12.6 Å². The molecule has 1 aliphatic carbocycles. The van der Waals surface area contributed by atoms with Crippen molar-refractivity contribution >= 4 is 5.97 Å². The van der Waals surface area contributed by atoms with Crippen LogP contribution in [0.15, 0.2) is 0 Å². The van der Waals surface area contributed by atoms with Crippen LogP contribution in [0.5, 0.6) is 0 Å². The fourth-order valence-corrected chi connectivity index (χ4v) is 4.28. The molecule has 0 radical (unpaired) electrons. The van der Waals surface area contributed by atoms with Crippen molar-refractivity contribution in [3.63, 3.8) is 0 Å². The summed E-state index contributed by atoms with van der Waals surface area (Å²) in [7, 11) is 4.28. The summed E-state index contributed by atoms with van der Waals surface area (Å²) >= 11 is 0. The van der Waals surface area contributed by atoms with Crippen molar-refractivity contribution in [1.82, 2.24) is 9.80 Å².